The van der Waals surface area contributed by atoms with Crippen molar-refractivity contribution in [3.05, 3.63) is 108 Å². The van der Waals surface area contributed by atoms with Crippen LogP contribution < -0.4 is 0 Å². The van der Waals surface area contributed by atoms with Crippen molar-refractivity contribution in [2.45, 2.75) is 423 Å². The molecule has 0 amide bonds. The van der Waals surface area contributed by atoms with Gasteiger partial charge in [-0.15, -0.1) is 0 Å². The molecule has 123 heavy (non-hydrogen) atoms. The average Bonchev–Trinajstić information content (AvgIpc) is 1.62. The van der Waals surface area contributed by atoms with E-state index in [1.165, 1.54) is 0 Å². The van der Waals surface area contributed by atoms with Crippen molar-refractivity contribution in [3.8, 4) is 0 Å². The van der Waals surface area contributed by atoms with Crippen LogP contribution in [0.5, 0.6) is 0 Å². The van der Waals surface area contributed by atoms with Crippen LogP contribution in [0.4, 0.5) is 0 Å². The molecule has 7 aliphatic rings. The van der Waals surface area contributed by atoms with Crippen LogP contribution in [0.2, 0.25) is 72.5 Å². The number of ether oxygens (including phenoxy) is 17. The van der Waals surface area contributed by atoms with Crippen LogP contribution in [0.1, 0.15) is 221 Å². The van der Waals surface area contributed by atoms with Crippen molar-refractivity contribution in [3.63, 3.8) is 0 Å². The molecule has 11 unspecified atom stereocenters. The molecule has 0 radical (unpaired) electrons. The molecule has 0 bridgehead atoms. The number of fused-ring (bicyclic) bond motifs is 2. The van der Waals surface area contributed by atoms with Gasteiger partial charge in [-0.3, -0.25) is 9.59 Å². The van der Waals surface area contributed by atoms with E-state index < -0.39 is 173 Å². The number of hydrogen-bond acceptors (Lipinski definition) is 23. The standard InChI is InChI=1S/C96H160O23Si4/c1-32-61(3)72(107-77(97)51-71(118-122(28,29)92(15,16)17)50-73(62(4)33-2)113-95(23)58-103-76(57-105-120(24,25)90(9,10)11)84(95)119-123(30,31)93(18,19)20)49-70(117-121(26,27)91(12,13)14)52-78(98)109-79-63(5)74(55-100-65(79)7)108-88-83-82(114-94(21,22)115-83)81(66(8)106-88)111-86-64(6)80(75(56-102-86)101-54-68-45-39-35-40-46-68)110-89-85-96(60-104-89,59-99-53-67-43-37-34-38-44-67)116-87(112-85)69-47-41-36-42-48-69/h34-48,61-66,70-76,79-89H,32-33,49-60H2,1-31H3/t61-,62-,63?,64?,65?,66?,70-,71-,72-,73-,74?,75+,76+,79+,80?,81-,82?,83?,84?,85?,86-,87-,88-,89-,95?,96+/m0/s1. The van der Waals surface area contributed by atoms with Crippen molar-refractivity contribution in [2.75, 3.05) is 39.6 Å². The molecule has 7 saturated heterocycles. The van der Waals surface area contributed by atoms with Gasteiger partial charge in [-0.2, -0.15) is 0 Å². The molecule has 0 aromatic heterocycles. The van der Waals surface area contributed by atoms with E-state index in [-0.39, 0.29) is 102 Å². The summed E-state index contributed by atoms with van der Waals surface area (Å²) in [5.74, 6) is -2.78. The zero-order valence-electron chi connectivity index (χ0n) is 80.8. The minimum Gasteiger partial charge on any atom is -0.462 e. The van der Waals surface area contributed by atoms with Crippen LogP contribution >= 0.6 is 0 Å². The third kappa shape index (κ3) is 25.5. The van der Waals surface area contributed by atoms with Crippen molar-refractivity contribution < 1.29 is 108 Å². The second-order valence-corrected chi connectivity index (χ2v) is 62.5. The van der Waals surface area contributed by atoms with Gasteiger partial charge in [0.2, 0.25) is 0 Å². The Morgan fingerprint density at radius 3 is 1.63 bits per heavy atom. The highest BCUT2D eigenvalue weighted by Gasteiger charge is 2.63. The fourth-order valence-corrected chi connectivity index (χ4v) is 21.6. The summed E-state index contributed by atoms with van der Waals surface area (Å²) in [4.78, 5) is 30.3. The number of esters is 2. The fraction of sp³-hybridized carbons (Fsp3) is 0.792. The van der Waals surface area contributed by atoms with E-state index in [9.17, 15) is 0 Å². The van der Waals surface area contributed by atoms with Crippen molar-refractivity contribution in [1.29, 1.82) is 0 Å². The minimum atomic E-state index is -2.61. The summed E-state index contributed by atoms with van der Waals surface area (Å²) in [6, 6.07) is 29.9. The lowest BCUT2D eigenvalue weighted by atomic mass is 9.91. The molecule has 0 saturated carbocycles. The second kappa shape index (κ2) is 41.2. The smallest absolute Gasteiger partial charge is 0.308 e. The Labute approximate surface area is 743 Å². The monoisotopic (exact) mass is 1790 g/mol. The Balaban J connectivity index is 0.823. The Bertz CT molecular complexity index is 3780. The van der Waals surface area contributed by atoms with Crippen LogP contribution in [-0.4, -0.2) is 218 Å². The predicted molar refractivity (Wildman–Crippen MR) is 485 cm³/mol. The molecular weight excluding hydrogens is 1630 g/mol. The number of benzene rings is 3. The van der Waals surface area contributed by atoms with E-state index in [0.29, 0.717) is 39.3 Å². The summed E-state index contributed by atoms with van der Waals surface area (Å²) in [7, 11) is -9.72. The zero-order valence-corrected chi connectivity index (χ0v) is 84.8. The van der Waals surface area contributed by atoms with Crippen molar-refractivity contribution in [2.24, 2.45) is 23.7 Å². The third-order valence-corrected chi connectivity index (χ3v) is 47.0. The van der Waals surface area contributed by atoms with E-state index >= 15 is 9.59 Å². The molecule has 10 rings (SSSR count). The normalized spacial score (nSPS) is 32.6. The van der Waals surface area contributed by atoms with Crippen molar-refractivity contribution >= 4 is 45.2 Å². The second-order valence-electron chi connectivity index (χ2n) is 43.4. The molecule has 0 N–H and O–H groups in total. The summed E-state index contributed by atoms with van der Waals surface area (Å²) in [6.07, 6.45) is -10.7. The van der Waals surface area contributed by atoms with E-state index in [2.05, 4.69) is 170 Å². The molecule has 27 heteroatoms. The van der Waals surface area contributed by atoms with Crippen LogP contribution in [0.3, 0.4) is 0 Å². The Morgan fingerprint density at radius 2 is 1.05 bits per heavy atom. The summed E-state index contributed by atoms with van der Waals surface area (Å²) in [5, 5.41) is -0.476. The van der Waals surface area contributed by atoms with Gasteiger partial charge in [0, 0.05) is 23.8 Å². The number of carbonyl (C=O) groups is 2. The SMILES string of the molecule is CC[C@H](C)[C@H](C[C@@H](CC(=O)O[C@H]1C(C)OCC(O[C@@H]2OC(C)[C@H](O[C@@H]3OC[C@@H](OCc4ccccc4)C(O[C@@H]4OC[C@@]5(COCc6ccccc6)O[C@@H](c6ccccc6)OC45)C3C)C3OC(C)(C)OC32)C1C)O[Si](C)(C)C(C)(C)C)OC(=O)C[C@H](C[C@H](OC1(C)CO[C@H](CO[Si](C)(C)C(C)(C)C)C1O[Si](C)(C)C(C)(C)C)[C@@H](C)CC)O[Si](C)(C)C(C)(C)C. The minimum absolute atomic E-state index is 0.00186. The molecule has 0 aliphatic carbocycles. The maximum atomic E-state index is 15.3. The van der Waals surface area contributed by atoms with Crippen molar-refractivity contribution in [1.82, 2.24) is 0 Å². The molecule has 698 valence electrons. The molecule has 23 nitrogen and oxygen atoms in total. The van der Waals surface area contributed by atoms with Crippen LogP contribution in [-0.2, 0) is 121 Å². The first kappa shape index (κ1) is 102. The lowest BCUT2D eigenvalue weighted by molar-refractivity contribution is -0.344. The first-order valence-corrected chi connectivity index (χ1v) is 57.7. The maximum Gasteiger partial charge on any atom is 0.308 e. The zero-order chi connectivity index (χ0) is 90.6. The molecule has 7 fully saturated rings. The highest BCUT2D eigenvalue weighted by Crippen LogP contribution is 2.51. The fourth-order valence-electron chi connectivity index (χ4n) is 16.4. The van der Waals surface area contributed by atoms with Gasteiger partial charge in [0.25, 0.3) is 0 Å². The van der Waals surface area contributed by atoms with Crippen LogP contribution in [0.15, 0.2) is 91.0 Å². The van der Waals surface area contributed by atoms with E-state index in [0.717, 1.165) is 23.1 Å². The Morgan fingerprint density at radius 1 is 0.520 bits per heavy atom. The summed E-state index contributed by atoms with van der Waals surface area (Å²) in [6.45, 7) is 69.3. The topological polar surface area (TPSA) is 228 Å². The highest BCUT2D eigenvalue weighted by molar-refractivity contribution is 6.75. The van der Waals surface area contributed by atoms with Gasteiger partial charge in [-0.25, -0.2) is 0 Å². The summed E-state index contributed by atoms with van der Waals surface area (Å²) in [5.41, 5.74) is 1.06. The molecule has 0 spiro atoms. The highest BCUT2D eigenvalue weighted by atomic mass is 28.4. The average molecular weight is 1790 g/mol. The molecule has 7 heterocycles. The van der Waals surface area contributed by atoms with Crippen LogP contribution in [0, 0.1) is 23.7 Å². The first-order chi connectivity index (χ1) is 57.2. The van der Waals surface area contributed by atoms with Gasteiger partial charge in [0.05, 0.1) is 108 Å². The molecule has 26 atom stereocenters. The maximum absolute atomic E-state index is 15.3. The lowest BCUT2D eigenvalue weighted by Crippen LogP contribution is -2.61. The third-order valence-electron chi connectivity index (χ3n) is 29.0. The molecule has 7 aliphatic heterocycles. The first-order valence-electron chi connectivity index (χ1n) is 46.0. The van der Waals surface area contributed by atoms with Gasteiger partial charge in [0.15, 0.2) is 64.2 Å². The van der Waals surface area contributed by atoms with Gasteiger partial charge < -0.3 is 98.2 Å². The summed E-state index contributed by atoms with van der Waals surface area (Å²) >= 11 is 0. The van der Waals surface area contributed by atoms with Crippen LogP contribution in [0.25, 0.3) is 0 Å². The van der Waals surface area contributed by atoms with E-state index in [1.54, 1.807) is 0 Å². The predicted octanol–water partition coefficient (Wildman–Crippen LogP) is 19.7. The summed E-state index contributed by atoms with van der Waals surface area (Å²) < 4.78 is 145. The number of hydrogen-bond donors (Lipinski definition) is 0. The van der Waals surface area contributed by atoms with Gasteiger partial charge in [0.1, 0.15) is 66.1 Å². The van der Waals surface area contributed by atoms with Gasteiger partial charge >= 0.3 is 11.9 Å². The molecular formula is C96H160O23Si4. The quantitative estimate of drug-likeness (QED) is 0.0382. The van der Waals surface area contributed by atoms with Gasteiger partial charge in [-0.1, -0.05) is 228 Å². The van der Waals surface area contributed by atoms with E-state index in [4.69, 9.17) is 98.2 Å². The molecule has 3 aromatic carbocycles. The number of rotatable bonds is 39. The Hall–Kier alpha value is -3.29. The van der Waals surface area contributed by atoms with E-state index in [1.807, 2.05) is 133 Å². The largest absolute Gasteiger partial charge is 0.462 e. The lowest BCUT2D eigenvalue weighted by Gasteiger charge is -2.47. The molecule has 3 aromatic rings. The van der Waals surface area contributed by atoms with Gasteiger partial charge in [-0.05, 0) is 137 Å². The Kier molecular flexibility index (Phi) is 34.1. The number of carbonyl (C=O) groups excluding carboxylic acids is 2.